The number of carboxylic acid groups (broad SMARTS) is 1. The van der Waals surface area contributed by atoms with Crippen LogP contribution in [-0.4, -0.2) is 42.4 Å². The lowest BCUT2D eigenvalue weighted by Crippen LogP contribution is -2.26. The van der Waals surface area contributed by atoms with E-state index < -0.39 is 30.6 Å². The molecule has 0 spiro atoms. The molecule has 0 aliphatic rings. The summed E-state index contributed by atoms with van der Waals surface area (Å²) >= 11 is 0. The first-order valence-electron chi connectivity index (χ1n) is 12.1. The van der Waals surface area contributed by atoms with Gasteiger partial charge < -0.3 is 19.3 Å². The smallest absolute Gasteiger partial charge is 0.315 e. The van der Waals surface area contributed by atoms with E-state index in [1.807, 2.05) is 0 Å². The first-order valence-corrected chi connectivity index (χ1v) is 12.1. The number of unbranched alkanes of at least 4 members (excludes halogenated alkanes) is 8. The van der Waals surface area contributed by atoms with Gasteiger partial charge in [0.2, 0.25) is 6.79 Å². The monoisotopic (exact) mass is 458 g/mol. The van der Waals surface area contributed by atoms with Crippen molar-refractivity contribution in [3.63, 3.8) is 0 Å². The van der Waals surface area contributed by atoms with Gasteiger partial charge in [-0.05, 0) is 25.7 Å². The number of carbonyl (C=O) groups is 4. The molecule has 186 valence electrons. The molecular formula is C24H42O8. The second-order valence-corrected chi connectivity index (χ2v) is 8.09. The Morgan fingerprint density at radius 1 is 0.656 bits per heavy atom. The zero-order valence-electron chi connectivity index (χ0n) is 19.9. The molecular weight excluding hydrogens is 416 g/mol. The zero-order valence-corrected chi connectivity index (χ0v) is 19.9. The highest BCUT2D eigenvalue weighted by molar-refractivity contribution is 5.74. The summed E-state index contributed by atoms with van der Waals surface area (Å²) in [4.78, 5) is 46.7. The number of carboxylic acids is 1. The number of ether oxygens (including phenoxy) is 3. The van der Waals surface area contributed by atoms with Crippen molar-refractivity contribution < 1.29 is 38.5 Å². The molecule has 0 radical (unpaired) electrons. The van der Waals surface area contributed by atoms with Crippen LogP contribution in [0, 0.1) is 5.92 Å². The largest absolute Gasteiger partial charge is 0.481 e. The highest BCUT2D eigenvalue weighted by atomic mass is 16.7. The predicted molar refractivity (Wildman–Crippen MR) is 120 cm³/mol. The molecule has 8 nitrogen and oxygen atoms in total. The highest BCUT2D eigenvalue weighted by Gasteiger charge is 2.23. The zero-order chi connectivity index (χ0) is 24.0. The van der Waals surface area contributed by atoms with Gasteiger partial charge in [0.15, 0.2) is 0 Å². The van der Waals surface area contributed by atoms with Crippen molar-refractivity contribution in [3.8, 4) is 0 Å². The Labute approximate surface area is 192 Å². The van der Waals surface area contributed by atoms with Crippen molar-refractivity contribution >= 4 is 23.9 Å². The van der Waals surface area contributed by atoms with Crippen LogP contribution in [0.15, 0.2) is 0 Å². The maximum Gasteiger partial charge on any atom is 0.315 e. The Morgan fingerprint density at radius 3 is 1.72 bits per heavy atom. The van der Waals surface area contributed by atoms with Gasteiger partial charge in [0.25, 0.3) is 0 Å². The van der Waals surface area contributed by atoms with Gasteiger partial charge in [-0.25, -0.2) is 0 Å². The van der Waals surface area contributed by atoms with Crippen LogP contribution in [0.2, 0.25) is 0 Å². The van der Waals surface area contributed by atoms with Crippen LogP contribution in [-0.2, 0) is 33.4 Å². The van der Waals surface area contributed by atoms with E-state index in [0.717, 1.165) is 64.2 Å². The minimum absolute atomic E-state index is 0.0951. The molecule has 1 atom stereocenters. The van der Waals surface area contributed by atoms with Crippen LogP contribution < -0.4 is 0 Å². The van der Waals surface area contributed by atoms with Crippen LogP contribution in [0.5, 0.6) is 0 Å². The quantitative estimate of drug-likeness (QED) is 0.142. The van der Waals surface area contributed by atoms with Crippen LogP contribution >= 0.6 is 0 Å². The lowest BCUT2D eigenvalue weighted by molar-refractivity contribution is -0.172. The molecule has 0 saturated carbocycles. The highest BCUT2D eigenvalue weighted by Crippen LogP contribution is 2.14. The SMILES string of the molecule is CCCCCCCC(=O)OCOC(=O)C(CCCC(=O)O)COC(=O)CCCCCCC. The Morgan fingerprint density at radius 2 is 1.19 bits per heavy atom. The molecule has 0 aromatic heterocycles. The summed E-state index contributed by atoms with van der Waals surface area (Å²) in [6.07, 6.45) is 11.0. The number of hydrogen-bond acceptors (Lipinski definition) is 7. The fraction of sp³-hybridized carbons (Fsp3) is 0.833. The molecule has 0 saturated heterocycles. The van der Waals surface area contributed by atoms with Gasteiger partial charge in [-0.15, -0.1) is 0 Å². The van der Waals surface area contributed by atoms with Crippen LogP contribution in [0.1, 0.15) is 110 Å². The molecule has 8 heteroatoms. The summed E-state index contributed by atoms with van der Waals surface area (Å²) in [5.41, 5.74) is 0. The second kappa shape index (κ2) is 20.8. The molecule has 0 rings (SSSR count). The van der Waals surface area contributed by atoms with E-state index in [9.17, 15) is 19.2 Å². The summed E-state index contributed by atoms with van der Waals surface area (Å²) in [7, 11) is 0. The van der Waals surface area contributed by atoms with Gasteiger partial charge in [-0.2, -0.15) is 0 Å². The Bertz CT molecular complexity index is 532. The van der Waals surface area contributed by atoms with E-state index >= 15 is 0 Å². The van der Waals surface area contributed by atoms with E-state index in [-0.39, 0.29) is 44.7 Å². The van der Waals surface area contributed by atoms with Crippen molar-refractivity contribution in [1.82, 2.24) is 0 Å². The standard InChI is InChI=1S/C24H42O8/c1-3-5-7-9-11-16-22(27)30-18-20(14-13-15-21(25)26)24(29)32-19-31-23(28)17-12-10-8-6-4-2/h20H,3-19H2,1-2H3,(H,25,26). The summed E-state index contributed by atoms with van der Waals surface area (Å²) in [6.45, 7) is 3.58. The van der Waals surface area contributed by atoms with E-state index in [1.54, 1.807) is 0 Å². The molecule has 0 aliphatic heterocycles. The number of aliphatic carboxylic acids is 1. The van der Waals surface area contributed by atoms with Crippen LogP contribution in [0.4, 0.5) is 0 Å². The number of hydrogen-bond donors (Lipinski definition) is 1. The number of esters is 3. The molecule has 0 amide bonds. The third kappa shape index (κ3) is 18.6. The molecule has 0 bridgehead atoms. The van der Waals surface area contributed by atoms with Gasteiger partial charge in [-0.1, -0.05) is 65.2 Å². The summed E-state index contributed by atoms with van der Waals surface area (Å²) < 4.78 is 15.2. The Hall–Kier alpha value is -2.12. The van der Waals surface area contributed by atoms with E-state index in [1.165, 1.54) is 0 Å². The van der Waals surface area contributed by atoms with E-state index in [2.05, 4.69) is 13.8 Å². The van der Waals surface area contributed by atoms with Crippen molar-refractivity contribution in [2.24, 2.45) is 5.92 Å². The first-order chi connectivity index (χ1) is 15.4. The van der Waals surface area contributed by atoms with Crippen molar-refractivity contribution in [2.45, 2.75) is 110 Å². The molecule has 0 aliphatic carbocycles. The van der Waals surface area contributed by atoms with E-state index in [0.29, 0.717) is 0 Å². The first kappa shape index (κ1) is 29.9. The molecule has 1 N–H and O–H groups in total. The normalized spacial score (nSPS) is 11.6. The van der Waals surface area contributed by atoms with Gasteiger partial charge >= 0.3 is 23.9 Å². The number of carbonyl (C=O) groups excluding carboxylic acids is 3. The average Bonchev–Trinajstić information content (AvgIpc) is 2.75. The molecule has 32 heavy (non-hydrogen) atoms. The summed E-state index contributed by atoms with van der Waals surface area (Å²) in [6, 6.07) is 0. The molecule has 0 fully saturated rings. The second-order valence-electron chi connectivity index (χ2n) is 8.09. The van der Waals surface area contributed by atoms with E-state index in [4.69, 9.17) is 19.3 Å². The minimum Gasteiger partial charge on any atom is -0.481 e. The van der Waals surface area contributed by atoms with Crippen molar-refractivity contribution in [1.29, 1.82) is 0 Å². The average molecular weight is 459 g/mol. The van der Waals surface area contributed by atoms with Gasteiger partial charge in [-0.3, -0.25) is 19.2 Å². The summed E-state index contributed by atoms with van der Waals surface area (Å²) in [5, 5.41) is 8.80. The fourth-order valence-electron chi connectivity index (χ4n) is 3.12. The Balaban J connectivity index is 4.28. The van der Waals surface area contributed by atoms with Gasteiger partial charge in [0.1, 0.15) is 6.61 Å². The lowest BCUT2D eigenvalue weighted by Gasteiger charge is -2.16. The van der Waals surface area contributed by atoms with Crippen LogP contribution in [0.3, 0.4) is 0 Å². The van der Waals surface area contributed by atoms with Crippen molar-refractivity contribution in [2.75, 3.05) is 13.4 Å². The fourth-order valence-corrected chi connectivity index (χ4v) is 3.12. The van der Waals surface area contributed by atoms with Crippen LogP contribution in [0.25, 0.3) is 0 Å². The molecule has 0 aromatic rings. The predicted octanol–water partition coefficient (Wildman–Crippen LogP) is 5.17. The number of rotatable bonds is 21. The van der Waals surface area contributed by atoms with Gasteiger partial charge in [0, 0.05) is 19.3 Å². The van der Waals surface area contributed by atoms with Crippen molar-refractivity contribution in [3.05, 3.63) is 0 Å². The lowest BCUT2D eigenvalue weighted by atomic mass is 10.0. The third-order valence-corrected chi connectivity index (χ3v) is 5.11. The Kier molecular flexibility index (Phi) is 19.4. The summed E-state index contributed by atoms with van der Waals surface area (Å²) in [5.74, 6) is -3.22. The topological polar surface area (TPSA) is 116 Å². The third-order valence-electron chi connectivity index (χ3n) is 5.11. The molecule has 1 unspecified atom stereocenters. The molecule has 0 aromatic carbocycles. The minimum atomic E-state index is -0.964. The maximum atomic E-state index is 12.3. The van der Waals surface area contributed by atoms with Gasteiger partial charge in [0.05, 0.1) is 5.92 Å². The maximum absolute atomic E-state index is 12.3. The molecule has 0 heterocycles.